The summed E-state index contributed by atoms with van der Waals surface area (Å²) in [5.74, 6) is 0. The number of amides is 1. The number of halogens is 3. The molecule has 2 rings (SSSR count). The highest BCUT2D eigenvalue weighted by Crippen LogP contribution is 2.13. The van der Waals surface area contributed by atoms with Gasteiger partial charge in [-0.3, -0.25) is 0 Å². The standard InChI is InChI=1S/C12H10BrF2N5O3/c13-8-2-1-3-9(4-8)20-12(23)19(17-18-20)6-7(10(14)15)5-16-11(21)22/h1-4,16H,5-6H2,(H,21,22). The van der Waals surface area contributed by atoms with Crippen LogP contribution in [0.15, 0.2) is 45.2 Å². The van der Waals surface area contributed by atoms with Crippen LogP contribution in [0.25, 0.3) is 5.69 Å². The molecule has 0 aliphatic rings. The number of rotatable bonds is 5. The van der Waals surface area contributed by atoms with Crippen molar-refractivity contribution in [2.24, 2.45) is 0 Å². The van der Waals surface area contributed by atoms with Crippen molar-refractivity contribution in [1.29, 1.82) is 0 Å². The van der Waals surface area contributed by atoms with Crippen molar-refractivity contribution in [2.45, 2.75) is 6.54 Å². The van der Waals surface area contributed by atoms with Crippen LogP contribution >= 0.6 is 15.9 Å². The van der Waals surface area contributed by atoms with Gasteiger partial charge in [-0.15, -0.1) is 0 Å². The van der Waals surface area contributed by atoms with E-state index in [4.69, 9.17) is 5.11 Å². The third-order valence-corrected chi connectivity index (χ3v) is 3.25. The summed E-state index contributed by atoms with van der Waals surface area (Å²) in [6.45, 7) is -1.19. The van der Waals surface area contributed by atoms with Gasteiger partial charge in [0.05, 0.1) is 12.2 Å². The quantitative estimate of drug-likeness (QED) is 0.808. The molecule has 0 spiro atoms. The Bertz CT molecular complexity index is 813. The lowest BCUT2D eigenvalue weighted by atomic mass is 10.3. The molecule has 1 amide bonds. The summed E-state index contributed by atoms with van der Waals surface area (Å²) < 4.78 is 28.0. The third kappa shape index (κ3) is 4.22. The molecule has 0 atom stereocenters. The molecule has 0 saturated carbocycles. The minimum absolute atomic E-state index is 0.408. The van der Waals surface area contributed by atoms with Crippen molar-refractivity contribution in [1.82, 2.24) is 25.1 Å². The lowest BCUT2D eigenvalue weighted by Crippen LogP contribution is -2.29. The molecular weight excluding hydrogens is 380 g/mol. The molecule has 1 heterocycles. The number of hydrogen-bond donors (Lipinski definition) is 2. The molecule has 0 bridgehead atoms. The number of nitrogens with zero attached hydrogens (tertiary/aromatic N) is 4. The first-order valence-electron chi connectivity index (χ1n) is 6.17. The Hall–Kier alpha value is -2.56. The van der Waals surface area contributed by atoms with Gasteiger partial charge in [-0.1, -0.05) is 22.0 Å². The van der Waals surface area contributed by atoms with Crippen LogP contribution in [0, 0.1) is 0 Å². The molecule has 122 valence electrons. The number of hydrogen-bond acceptors (Lipinski definition) is 4. The molecule has 0 saturated heterocycles. The first-order valence-corrected chi connectivity index (χ1v) is 6.96. The van der Waals surface area contributed by atoms with Crippen LogP contribution in [0.3, 0.4) is 0 Å². The fraction of sp³-hybridized carbons (Fsp3) is 0.167. The number of tetrazole rings is 1. The van der Waals surface area contributed by atoms with Gasteiger partial charge >= 0.3 is 11.8 Å². The summed E-state index contributed by atoms with van der Waals surface area (Å²) in [5, 5.41) is 17.4. The number of carboxylic acid groups (broad SMARTS) is 1. The summed E-state index contributed by atoms with van der Waals surface area (Å²) >= 11 is 3.24. The summed E-state index contributed by atoms with van der Waals surface area (Å²) in [5.41, 5.74) is -0.890. The van der Waals surface area contributed by atoms with E-state index in [1.54, 1.807) is 24.3 Å². The topological polar surface area (TPSA) is 102 Å². The largest absolute Gasteiger partial charge is 0.465 e. The van der Waals surface area contributed by atoms with Crippen molar-refractivity contribution in [3.05, 3.63) is 50.9 Å². The smallest absolute Gasteiger partial charge is 0.404 e. The molecular formula is C12H10BrF2N5O3. The molecule has 8 nitrogen and oxygen atoms in total. The zero-order valence-electron chi connectivity index (χ0n) is 11.4. The predicted octanol–water partition coefficient (Wildman–Crippen LogP) is 1.61. The highest BCUT2D eigenvalue weighted by molar-refractivity contribution is 9.10. The molecule has 2 aromatic rings. The van der Waals surface area contributed by atoms with Crippen molar-refractivity contribution in [3.8, 4) is 5.69 Å². The van der Waals surface area contributed by atoms with Crippen LogP contribution in [0.5, 0.6) is 0 Å². The van der Waals surface area contributed by atoms with E-state index in [2.05, 4.69) is 26.4 Å². The maximum atomic E-state index is 12.8. The highest BCUT2D eigenvalue weighted by atomic mass is 79.9. The SMILES string of the molecule is O=C(O)NCC(Cn1nnn(-c2cccc(Br)c2)c1=O)=C(F)F. The first kappa shape index (κ1) is 16.8. The second-order valence-electron chi connectivity index (χ2n) is 4.33. The Labute approximate surface area is 136 Å². The van der Waals surface area contributed by atoms with E-state index in [1.807, 2.05) is 5.32 Å². The Morgan fingerprint density at radius 2 is 2.09 bits per heavy atom. The minimum Gasteiger partial charge on any atom is -0.465 e. The molecule has 0 aliphatic carbocycles. The van der Waals surface area contributed by atoms with Gasteiger partial charge < -0.3 is 10.4 Å². The van der Waals surface area contributed by atoms with Crippen molar-refractivity contribution >= 4 is 22.0 Å². The van der Waals surface area contributed by atoms with E-state index in [0.29, 0.717) is 10.2 Å². The predicted molar refractivity (Wildman–Crippen MR) is 78.6 cm³/mol. The number of carbonyl (C=O) groups is 1. The molecule has 0 fully saturated rings. The van der Waals surface area contributed by atoms with Crippen LogP contribution in [-0.4, -0.2) is 37.5 Å². The average molecular weight is 390 g/mol. The monoisotopic (exact) mass is 389 g/mol. The van der Waals surface area contributed by atoms with Crippen LogP contribution in [0.2, 0.25) is 0 Å². The summed E-state index contributed by atoms with van der Waals surface area (Å²) in [6, 6.07) is 6.63. The zero-order chi connectivity index (χ0) is 17.0. The molecule has 1 aromatic heterocycles. The lowest BCUT2D eigenvalue weighted by Gasteiger charge is -2.05. The first-order chi connectivity index (χ1) is 10.9. The van der Waals surface area contributed by atoms with Gasteiger partial charge in [0.15, 0.2) is 0 Å². The molecule has 0 unspecified atom stereocenters. The zero-order valence-corrected chi connectivity index (χ0v) is 13.0. The van der Waals surface area contributed by atoms with Gasteiger partial charge in [-0.05, 0) is 28.6 Å². The van der Waals surface area contributed by atoms with Crippen LogP contribution < -0.4 is 11.0 Å². The molecule has 0 radical (unpaired) electrons. The van der Waals surface area contributed by atoms with Crippen LogP contribution in [0.1, 0.15) is 0 Å². The molecule has 2 N–H and O–H groups in total. The van der Waals surface area contributed by atoms with Gasteiger partial charge in [-0.25, -0.2) is 9.59 Å². The number of benzene rings is 1. The Morgan fingerprint density at radius 3 is 2.70 bits per heavy atom. The summed E-state index contributed by atoms with van der Waals surface area (Å²) in [4.78, 5) is 22.5. The third-order valence-electron chi connectivity index (χ3n) is 2.75. The van der Waals surface area contributed by atoms with E-state index in [9.17, 15) is 18.4 Å². The summed E-state index contributed by atoms with van der Waals surface area (Å²) in [7, 11) is 0. The van der Waals surface area contributed by atoms with E-state index >= 15 is 0 Å². The lowest BCUT2D eigenvalue weighted by molar-refractivity contribution is 0.195. The van der Waals surface area contributed by atoms with E-state index in [-0.39, 0.29) is 0 Å². The normalized spacial score (nSPS) is 10.4. The van der Waals surface area contributed by atoms with Gasteiger partial charge in [0, 0.05) is 16.6 Å². The van der Waals surface area contributed by atoms with Gasteiger partial charge in [0.1, 0.15) is 0 Å². The second kappa shape index (κ2) is 7.13. The van der Waals surface area contributed by atoms with E-state index in [1.165, 1.54) is 0 Å². The molecule has 11 heteroatoms. The second-order valence-corrected chi connectivity index (χ2v) is 5.25. The minimum atomic E-state index is -2.08. The maximum Gasteiger partial charge on any atom is 0.404 e. The van der Waals surface area contributed by atoms with Gasteiger partial charge in [0.2, 0.25) is 0 Å². The molecule has 23 heavy (non-hydrogen) atoms. The van der Waals surface area contributed by atoms with Crippen molar-refractivity contribution in [2.75, 3.05) is 6.54 Å². The molecule has 1 aromatic carbocycles. The van der Waals surface area contributed by atoms with Gasteiger partial charge in [0.25, 0.3) is 6.08 Å². The Balaban J connectivity index is 2.27. The van der Waals surface area contributed by atoms with Crippen LogP contribution in [0.4, 0.5) is 13.6 Å². The highest BCUT2D eigenvalue weighted by Gasteiger charge is 2.14. The van der Waals surface area contributed by atoms with Gasteiger partial charge in [-0.2, -0.15) is 18.1 Å². The summed E-state index contributed by atoms with van der Waals surface area (Å²) in [6.07, 6.45) is -3.53. The number of aromatic nitrogens is 4. The average Bonchev–Trinajstić information content (AvgIpc) is 2.84. The number of nitrogens with one attached hydrogen (secondary N) is 1. The van der Waals surface area contributed by atoms with Crippen LogP contribution in [-0.2, 0) is 6.54 Å². The fourth-order valence-corrected chi connectivity index (χ4v) is 2.08. The maximum absolute atomic E-state index is 12.8. The molecule has 0 aliphatic heterocycles. The van der Waals surface area contributed by atoms with E-state index < -0.39 is 36.5 Å². The van der Waals surface area contributed by atoms with Crippen molar-refractivity contribution in [3.63, 3.8) is 0 Å². The Kier molecular flexibility index (Phi) is 5.21. The van der Waals surface area contributed by atoms with E-state index in [0.717, 1.165) is 9.36 Å². The fourth-order valence-electron chi connectivity index (χ4n) is 1.69. The Morgan fingerprint density at radius 1 is 1.35 bits per heavy atom. The van der Waals surface area contributed by atoms with Crippen molar-refractivity contribution < 1.29 is 18.7 Å².